The van der Waals surface area contributed by atoms with Crippen LogP contribution < -0.4 is 0 Å². The van der Waals surface area contributed by atoms with Gasteiger partial charge in [0.1, 0.15) is 0 Å². The average Bonchev–Trinajstić information content (AvgIpc) is 2.98. The van der Waals surface area contributed by atoms with Gasteiger partial charge in [0.05, 0.1) is 0 Å². The van der Waals surface area contributed by atoms with Crippen molar-refractivity contribution in [2.45, 2.75) is 51.9 Å². The smallest absolute Gasteiger partial charge is 0.274 e. The maximum absolute atomic E-state index is 12.7. The fourth-order valence-electron chi connectivity index (χ4n) is 3.62. The van der Waals surface area contributed by atoms with E-state index in [1.165, 1.54) is 6.42 Å². The van der Waals surface area contributed by atoms with E-state index >= 15 is 0 Å². The summed E-state index contributed by atoms with van der Waals surface area (Å²) in [7, 11) is 0. The van der Waals surface area contributed by atoms with E-state index in [-0.39, 0.29) is 17.9 Å². The van der Waals surface area contributed by atoms with E-state index in [0.29, 0.717) is 5.69 Å². The number of carbonyl (C=O) groups excluding carboxylic acids is 1. The van der Waals surface area contributed by atoms with Crippen molar-refractivity contribution in [2.75, 3.05) is 19.7 Å². The summed E-state index contributed by atoms with van der Waals surface area (Å²) in [5.74, 6) is 0.0667. The predicted octanol–water partition coefficient (Wildman–Crippen LogP) is 1.91. The summed E-state index contributed by atoms with van der Waals surface area (Å²) >= 11 is 0. The Labute approximate surface area is 125 Å². The van der Waals surface area contributed by atoms with Gasteiger partial charge in [0.2, 0.25) is 0 Å². The van der Waals surface area contributed by atoms with E-state index in [2.05, 4.69) is 17.1 Å². The molecule has 2 heterocycles. The molecule has 1 aromatic rings. The van der Waals surface area contributed by atoms with Crippen molar-refractivity contribution < 1.29 is 9.90 Å². The van der Waals surface area contributed by atoms with Gasteiger partial charge in [-0.15, -0.1) is 0 Å². The second-order valence-electron chi connectivity index (χ2n) is 6.54. The molecule has 2 aliphatic rings. The van der Waals surface area contributed by atoms with Crippen molar-refractivity contribution >= 4 is 5.91 Å². The van der Waals surface area contributed by atoms with E-state index < -0.39 is 0 Å². The van der Waals surface area contributed by atoms with Gasteiger partial charge in [-0.2, -0.15) is 5.10 Å². The SMILES string of the molecule is CCC1(CO)CCN(C(=O)c2n[nH]c3c2CCCC3)CC1. The maximum atomic E-state index is 12.7. The van der Waals surface area contributed by atoms with E-state index in [4.69, 9.17) is 0 Å². The van der Waals surface area contributed by atoms with Gasteiger partial charge in [0, 0.05) is 31.0 Å². The van der Waals surface area contributed by atoms with Crippen LogP contribution in [-0.4, -0.2) is 45.8 Å². The average molecular weight is 291 g/mol. The van der Waals surface area contributed by atoms with Crippen molar-refractivity contribution in [1.29, 1.82) is 0 Å². The number of hydrogen-bond donors (Lipinski definition) is 2. The summed E-state index contributed by atoms with van der Waals surface area (Å²) in [5.41, 5.74) is 2.94. The van der Waals surface area contributed by atoms with Crippen LogP contribution in [0.4, 0.5) is 0 Å². The third kappa shape index (κ3) is 2.59. The lowest BCUT2D eigenvalue weighted by Crippen LogP contribution is -2.44. The Bertz CT molecular complexity index is 510. The summed E-state index contributed by atoms with van der Waals surface area (Å²) in [6, 6.07) is 0. The third-order valence-corrected chi connectivity index (χ3v) is 5.46. The number of piperidine rings is 1. The first kappa shape index (κ1) is 14.6. The van der Waals surface area contributed by atoms with Gasteiger partial charge in [0.25, 0.3) is 5.91 Å². The molecule has 5 nitrogen and oxygen atoms in total. The summed E-state index contributed by atoms with van der Waals surface area (Å²) in [5, 5.41) is 16.9. The van der Waals surface area contributed by atoms with E-state index in [1.807, 2.05) is 4.90 Å². The van der Waals surface area contributed by atoms with Crippen LogP contribution in [0.15, 0.2) is 0 Å². The second-order valence-corrected chi connectivity index (χ2v) is 6.54. The number of rotatable bonds is 3. The first-order chi connectivity index (χ1) is 10.2. The molecular formula is C16H25N3O2. The quantitative estimate of drug-likeness (QED) is 0.894. The summed E-state index contributed by atoms with van der Waals surface area (Å²) in [6.45, 7) is 3.81. The minimum absolute atomic E-state index is 0.0157. The fourth-order valence-corrected chi connectivity index (χ4v) is 3.62. The molecule has 116 valence electrons. The number of carbonyl (C=O) groups is 1. The molecule has 0 saturated carbocycles. The topological polar surface area (TPSA) is 69.2 Å². The third-order valence-electron chi connectivity index (χ3n) is 5.46. The van der Waals surface area contributed by atoms with Crippen molar-refractivity contribution in [3.8, 4) is 0 Å². The lowest BCUT2D eigenvalue weighted by molar-refractivity contribution is 0.0334. The Kier molecular flexibility index (Phi) is 4.02. The van der Waals surface area contributed by atoms with Gasteiger partial charge in [-0.25, -0.2) is 0 Å². The number of H-pyrrole nitrogens is 1. The second kappa shape index (κ2) is 5.79. The number of amides is 1. The molecule has 1 aromatic heterocycles. The molecule has 0 spiro atoms. The molecule has 3 rings (SSSR count). The molecular weight excluding hydrogens is 266 g/mol. The van der Waals surface area contributed by atoms with Gasteiger partial charge >= 0.3 is 0 Å². The Morgan fingerprint density at radius 1 is 1.33 bits per heavy atom. The molecule has 5 heteroatoms. The minimum Gasteiger partial charge on any atom is -0.396 e. The molecule has 0 radical (unpaired) electrons. The number of aromatic nitrogens is 2. The molecule has 1 amide bonds. The minimum atomic E-state index is 0.0157. The number of fused-ring (bicyclic) bond motifs is 1. The van der Waals surface area contributed by atoms with Crippen molar-refractivity contribution in [2.24, 2.45) is 5.41 Å². The Hall–Kier alpha value is -1.36. The molecule has 2 N–H and O–H groups in total. The zero-order chi connectivity index (χ0) is 14.9. The molecule has 1 saturated heterocycles. The molecule has 0 unspecified atom stereocenters. The molecule has 0 atom stereocenters. The number of aromatic amines is 1. The van der Waals surface area contributed by atoms with Crippen molar-refractivity contribution in [1.82, 2.24) is 15.1 Å². The highest BCUT2D eigenvalue weighted by atomic mass is 16.3. The number of nitrogens with one attached hydrogen (secondary N) is 1. The predicted molar refractivity (Wildman–Crippen MR) is 80.2 cm³/mol. The van der Waals surface area contributed by atoms with E-state index in [1.54, 1.807) is 0 Å². The highest BCUT2D eigenvalue weighted by molar-refractivity contribution is 5.94. The van der Waals surface area contributed by atoms with Crippen LogP contribution >= 0.6 is 0 Å². The molecule has 1 aliphatic heterocycles. The van der Waals surface area contributed by atoms with Crippen molar-refractivity contribution in [3.05, 3.63) is 17.0 Å². The Balaban J connectivity index is 1.71. The molecule has 1 fully saturated rings. The van der Waals surface area contributed by atoms with E-state index in [0.717, 1.165) is 62.9 Å². The standard InChI is InChI=1S/C16H25N3O2/c1-2-16(11-20)7-9-19(10-8-16)15(21)14-12-5-3-4-6-13(12)17-18-14/h20H,2-11H2,1H3,(H,17,18). The Morgan fingerprint density at radius 3 is 2.71 bits per heavy atom. The summed E-state index contributed by atoms with van der Waals surface area (Å²) in [6.07, 6.45) is 7.06. The molecule has 0 bridgehead atoms. The maximum Gasteiger partial charge on any atom is 0.274 e. The summed E-state index contributed by atoms with van der Waals surface area (Å²) < 4.78 is 0. The van der Waals surface area contributed by atoms with Gasteiger partial charge in [-0.1, -0.05) is 6.92 Å². The number of aryl methyl sites for hydroxylation is 1. The van der Waals surface area contributed by atoms with Gasteiger partial charge in [0.15, 0.2) is 5.69 Å². The molecule has 1 aliphatic carbocycles. The fraction of sp³-hybridized carbons (Fsp3) is 0.750. The number of likely N-dealkylation sites (tertiary alicyclic amines) is 1. The molecule has 21 heavy (non-hydrogen) atoms. The normalized spacial score (nSPS) is 21.1. The highest BCUT2D eigenvalue weighted by Crippen LogP contribution is 2.35. The first-order valence-corrected chi connectivity index (χ1v) is 8.15. The van der Waals surface area contributed by atoms with Crippen LogP contribution in [0.2, 0.25) is 0 Å². The lowest BCUT2D eigenvalue weighted by atomic mass is 9.77. The zero-order valence-electron chi connectivity index (χ0n) is 12.8. The largest absolute Gasteiger partial charge is 0.396 e. The summed E-state index contributed by atoms with van der Waals surface area (Å²) in [4.78, 5) is 14.6. The van der Waals surface area contributed by atoms with Crippen LogP contribution in [0.1, 0.15) is 60.8 Å². The van der Waals surface area contributed by atoms with Crippen LogP contribution in [0.3, 0.4) is 0 Å². The van der Waals surface area contributed by atoms with E-state index in [9.17, 15) is 9.90 Å². The monoisotopic (exact) mass is 291 g/mol. The highest BCUT2D eigenvalue weighted by Gasteiger charge is 2.35. The zero-order valence-corrected chi connectivity index (χ0v) is 12.8. The molecule has 0 aromatic carbocycles. The van der Waals surface area contributed by atoms with Crippen LogP contribution in [0.5, 0.6) is 0 Å². The number of hydrogen-bond acceptors (Lipinski definition) is 3. The van der Waals surface area contributed by atoms with Gasteiger partial charge < -0.3 is 10.0 Å². The van der Waals surface area contributed by atoms with Gasteiger partial charge in [-0.05, 0) is 50.4 Å². The van der Waals surface area contributed by atoms with Crippen molar-refractivity contribution in [3.63, 3.8) is 0 Å². The number of aliphatic hydroxyl groups excluding tert-OH is 1. The van der Waals surface area contributed by atoms with Gasteiger partial charge in [-0.3, -0.25) is 9.89 Å². The number of nitrogens with zero attached hydrogens (tertiary/aromatic N) is 2. The Morgan fingerprint density at radius 2 is 2.05 bits per heavy atom. The first-order valence-electron chi connectivity index (χ1n) is 8.15. The number of aliphatic hydroxyl groups is 1. The van der Waals surface area contributed by atoms with Crippen LogP contribution in [0.25, 0.3) is 0 Å². The van der Waals surface area contributed by atoms with Crippen LogP contribution in [0, 0.1) is 5.41 Å². The van der Waals surface area contributed by atoms with Crippen LogP contribution in [-0.2, 0) is 12.8 Å². The lowest BCUT2D eigenvalue weighted by Gasteiger charge is -2.40.